The van der Waals surface area contributed by atoms with Crippen LogP contribution in [-0.4, -0.2) is 39.7 Å². The number of piperidine rings is 1. The van der Waals surface area contributed by atoms with Crippen molar-refractivity contribution >= 4 is 15.7 Å². The minimum atomic E-state index is -4.02. The second-order valence-electron chi connectivity index (χ2n) is 8.14. The van der Waals surface area contributed by atoms with Crippen LogP contribution in [0.2, 0.25) is 0 Å². The van der Waals surface area contributed by atoms with Gasteiger partial charge in [0.2, 0.25) is 26.6 Å². The van der Waals surface area contributed by atoms with Crippen molar-refractivity contribution in [1.82, 2.24) is 4.98 Å². The van der Waals surface area contributed by atoms with Gasteiger partial charge in [-0.05, 0) is 55.2 Å². The fraction of sp³-hybridized carbons (Fsp3) is 0.348. The molecule has 1 unspecified atom stereocenters. The fourth-order valence-electron chi connectivity index (χ4n) is 4.07. The molecule has 0 spiro atoms. The zero-order valence-corrected chi connectivity index (χ0v) is 18.4. The molecule has 0 bridgehead atoms. The molecular formula is C23H23FN2O5S. The average Bonchev–Trinajstić information content (AvgIpc) is 3.26. The predicted octanol–water partition coefficient (Wildman–Crippen LogP) is 4.32. The van der Waals surface area contributed by atoms with Gasteiger partial charge in [0.1, 0.15) is 19.0 Å². The Balaban J connectivity index is 1.61. The van der Waals surface area contributed by atoms with Crippen LogP contribution in [0.5, 0.6) is 11.5 Å². The summed E-state index contributed by atoms with van der Waals surface area (Å²) < 4.78 is 57.8. The van der Waals surface area contributed by atoms with Crippen LogP contribution < -0.4 is 14.4 Å². The van der Waals surface area contributed by atoms with Gasteiger partial charge >= 0.3 is 0 Å². The maximum atomic E-state index is 13.7. The molecule has 3 heterocycles. The Morgan fingerprint density at radius 1 is 1.06 bits per heavy atom. The first-order valence-electron chi connectivity index (χ1n) is 10.6. The van der Waals surface area contributed by atoms with Crippen molar-refractivity contribution in [2.45, 2.75) is 29.7 Å². The molecule has 9 heteroatoms. The number of sulfone groups is 1. The summed E-state index contributed by atoms with van der Waals surface area (Å²) in [6.07, 6.45) is 2.00. The van der Waals surface area contributed by atoms with Crippen molar-refractivity contribution in [2.75, 3.05) is 31.2 Å². The highest BCUT2D eigenvalue weighted by molar-refractivity contribution is 7.91. The summed E-state index contributed by atoms with van der Waals surface area (Å²) in [7, 11) is -4.02. The zero-order chi connectivity index (χ0) is 22.3. The van der Waals surface area contributed by atoms with E-state index in [1.54, 1.807) is 6.07 Å². The maximum absolute atomic E-state index is 13.7. The molecule has 5 rings (SSSR count). The van der Waals surface area contributed by atoms with Crippen molar-refractivity contribution in [3.63, 3.8) is 0 Å². The van der Waals surface area contributed by atoms with Crippen molar-refractivity contribution < 1.29 is 26.7 Å². The van der Waals surface area contributed by atoms with Crippen LogP contribution in [0, 0.1) is 11.7 Å². The predicted molar refractivity (Wildman–Crippen MR) is 115 cm³/mol. The second kappa shape index (κ2) is 8.12. The first kappa shape index (κ1) is 20.8. The quantitative estimate of drug-likeness (QED) is 0.576. The van der Waals surface area contributed by atoms with Gasteiger partial charge in [0.25, 0.3) is 0 Å². The Hall–Kier alpha value is -3.07. The molecule has 0 N–H and O–H groups in total. The van der Waals surface area contributed by atoms with Gasteiger partial charge in [-0.15, -0.1) is 0 Å². The summed E-state index contributed by atoms with van der Waals surface area (Å²) in [5.74, 6) is 1.24. The SMILES string of the molecule is CC1CCCN(c2oc(-c3ccc(F)cc3)nc2S(=O)(=O)c2ccc3c(c2)OCCO3)C1. The lowest BCUT2D eigenvalue weighted by Gasteiger charge is -2.30. The molecule has 1 aromatic heterocycles. The largest absolute Gasteiger partial charge is 0.486 e. The molecule has 168 valence electrons. The Kier molecular flexibility index (Phi) is 5.28. The van der Waals surface area contributed by atoms with Crippen molar-refractivity contribution in [2.24, 2.45) is 5.92 Å². The number of hydrogen-bond donors (Lipinski definition) is 0. The van der Waals surface area contributed by atoms with Gasteiger partial charge in [0.15, 0.2) is 11.5 Å². The number of halogens is 1. The van der Waals surface area contributed by atoms with E-state index < -0.39 is 15.7 Å². The lowest BCUT2D eigenvalue weighted by Crippen LogP contribution is -2.34. The molecule has 7 nitrogen and oxygen atoms in total. The van der Waals surface area contributed by atoms with Gasteiger partial charge in [-0.1, -0.05) is 6.92 Å². The number of fused-ring (bicyclic) bond motifs is 1. The molecule has 0 saturated carbocycles. The number of ether oxygens (including phenoxy) is 2. The molecular weight excluding hydrogens is 435 g/mol. The third-order valence-corrected chi connectivity index (χ3v) is 7.34. The normalized spacial score (nSPS) is 18.6. The molecule has 0 aliphatic carbocycles. The summed E-state index contributed by atoms with van der Waals surface area (Å²) in [5, 5.41) is -0.150. The summed E-state index contributed by atoms with van der Waals surface area (Å²) in [6.45, 7) is 4.24. The highest BCUT2D eigenvalue weighted by Crippen LogP contribution is 2.39. The molecule has 1 saturated heterocycles. The van der Waals surface area contributed by atoms with E-state index in [0.717, 1.165) is 12.8 Å². The van der Waals surface area contributed by atoms with Crippen LogP contribution in [-0.2, 0) is 9.84 Å². The van der Waals surface area contributed by atoms with E-state index in [0.29, 0.717) is 49.3 Å². The number of oxazole rings is 1. The summed E-state index contributed by atoms with van der Waals surface area (Å²) in [6, 6.07) is 10.1. The van der Waals surface area contributed by atoms with E-state index in [-0.39, 0.29) is 21.7 Å². The van der Waals surface area contributed by atoms with Gasteiger partial charge < -0.3 is 18.8 Å². The Morgan fingerprint density at radius 2 is 1.81 bits per heavy atom. The Morgan fingerprint density at radius 3 is 2.56 bits per heavy atom. The van der Waals surface area contributed by atoms with E-state index >= 15 is 0 Å². The van der Waals surface area contributed by atoms with Gasteiger partial charge in [0.05, 0.1) is 4.90 Å². The van der Waals surface area contributed by atoms with Gasteiger partial charge in [-0.3, -0.25) is 0 Å². The van der Waals surface area contributed by atoms with Crippen LogP contribution in [0.4, 0.5) is 10.3 Å². The first-order chi connectivity index (χ1) is 15.4. The highest BCUT2D eigenvalue weighted by atomic mass is 32.2. The van der Waals surface area contributed by atoms with E-state index in [9.17, 15) is 12.8 Å². The zero-order valence-electron chi connectivity index (χ0n) is 17.6. The number of anilines is 1. The van der Waals surface area contributed by atoms with Gasteiger partial charge in [0, 0.05) is 24.7 Å². The lowest BCUT2D eigenvalue weighted by atomic mass is 10.0. The third kappa shape index (κ3) is 3.81. The van der Waals surface area contributed by atoms with E-state index in [2.05, 4.69) is 11.9 Å². The molecule has 1 atom stereocenters. The van der Waals surface area contributed by atoms with Crippen LogP contribution in [0.15, 0.2) is 56.8 Å². The molecule has 32 heavy (non-hydrogen) atoms. The molecule has 1 fully saturated rings. The minimum Gasteiger partial charge on any atom is -0.486 e. The Bertz CT molecular complexity index is 1240. The maximum Gasteiger partial charge on any atom is 0.236 e. The molecule has 2 aromatic carbocycles. The van der Waals surface area contributed by atoms with Crippen LogP contribution in [0.25, 0.3) is 11.5 Å². The molecule has 0 radical (unpaired) electrons. The summed E-state index contributed by atoms with van der Waals surface area (Å²) in [5.41, 5.74) is 0.501. The van der Waals surface area contributed by atoms with E-state index in [4.69, 9.17) is 13.9 Å². The van der Waals surface area contributed by atoms with Crippen molar-refractivity contribution in [3.05, 3.63) is 48.3 Å². The summed E-state index contributed by atoms with van der Waals surface area (Å²) >= 11 is 0. The molecule has 2 aliphatic rings. The highest BCUT2D eigenvalue weighted by Gasteiger charge is 2.33. The van der Waals surface area contributed by atoms with Gasteiger partial charge in [-0.25, -0.2) is 12.8 Å². The monoisotopic (exact) mass is 458 g/mol. The number of benzene rings is 2. The van der Waals surface area contributed by atoms with E-state index in [1.165, 1.54) is 36.4 Å². The van der Waals surface area contributed by atoms with Crippen LogP contribution in [0.3, 0.4) is 0 Å². The van der Waals surface area contributed by atoms with Gasteiger partial charge in [-0.2, -0.15) is 4.98 Å². The minimum absolute atomic E-state index is 0.0482. The average molecular weight is 459 g/mol. The smallest absolute Gasteiger partial charge is 0.236 e. The topological polar surface area (TPSA) is 81.9 Å². The van der Waals surface area contributed by atoms with Crippen molar-refractivity contribution in [1.29, 1.82) is 0 Å². The number of aromatic nitrogens is 1. The number of hydrogen-bond acceptors (Lipinski definition) is 7. The van der Waals surface area contributed by atoms with E-state index in [1.807, 2.05) is 4.90 Å². The molecule has 0 amide bonds. The van der Waals surface area contributed by atoms with Crippen LogP contribution >= 0.6 is 0 Å². The third-order valence-electron chi connectivity index (χ3n) is 5.69. The first-order valence-corrected chi connectivity index (χ1v) is 12.1. The molecule has 2 aliphatic heterocycles. The number of nitrogens with zero attached hydrogens (tertiary/aromatic N) is 2. The van der Waals surface area contributed by atoms with Crippen LogP contribution in [0.1, 0.15) is 19.8 Å². The number of rotatable bonds is 4. The molecule has 3 aromatic rings. The fourth-order valence-corrected chi connectivity index (χ4v) is 5.40. The van der Waals surface area contributed by atoms with Crippen molar-refractivity contribution in [3.8, 4) is 23.0 Å². The standard InChI is InChI=1S/C23H23FN2O5S/c1-15-3-2-10-26(14-15)23-22(25-21(31-23)16-4-6-17(24)7-5-16)32(27,28)18-8-9-19-20(13-18)30-12-11-29-19/h4-9,13,15H,2-3,10-12,14H2,1H3. The second-order valence-corrected chi connectivity index (χ2v) is 10.0. The Labute approximate surface area is 185 Å². The summed E-state index contributed by atoms with van der Waals surface area (Å²) in [4.78, 5) is 6.36. The lowest BCUT2D eigenvalue weighted by molar-refractivity contribution is 0.171.